The maximum Gasteiger partial charge on any atom is 0.306 e. The summed E-state index contributed by atoms with van der Waals surface area (Å²) in [5.74, 6) is 1.07. The Balaban J connectivity index is 2.33. The summed E-state index contributed by atoms with van der Waals surface area (Å²) in [6.45, 7) is 5.68. The van der Waals surface area contributed by atoms with E-state index in [4.69, 9.17) is 4.74 Å². The molecule has 0 aliphatic heterocycles. The molecule has 0 bridgehead atoms. The van der Waals surface area contributed by atoms with Gasteiger partial charge in [-0.05, 0) is 58.6 Å². The molecule has 4 heteroatoms. The van der Waals surface area contributed by atoms with Gasteiger partial charge in [0.05, 0.1) is 5.60 Å². The first kappa shape index (κ1) is 15.8. The van der Waals surface area contributed by atoms with Crippen molar-refractivity contribution >= 4 is 17.7 Å². The summed E-state index contributed by atoms with van der Waals surface area (Å²) in [4.78, 5) is 11.7. The highest BCUT2D eigenvalue weighted by Crippen LogP contribution is 2.35. The molecular formula is C14H26O3S. The highest BCUT2D eigenvalue weighted by atomic mass is 32.2. The third kappa shape index (κ3) is 5.61. The van der Waals surface area contributed by atoms with Crippen LogP contribution in [0.1, 0.15) is 52.9 Å². The van der Waals surface area contributed by atoms with Crippen molar-refractivity contribution in [2.75, 3.05) is 12.0 Å². The van der Waals surface area contributed by atoms with Gasteiger partial charge in [0.25, 0.3) is 0 Å². The van der Waals surface area contributed by atoms with Gasteiger partial charge >= 0.3 is 5.97 Å². The Hall–Kier alpha value is -0.220. The van der Waals surface area contributed by atoms with Crippen LogP contribution in [0.25, 0.3) is 0 Å². The fourth-order valence-corrected chi connectivity index (χ4v) is 3.28. The SMILES string of the molecule is CSCC1(O)CCC(CC(=O)OC(C)(C)C)CC1. The molecule has 0 saturated heterocycles. The Morgan fingerprint density at radius 2 is 1.94 bits per heavy atom. The highest BCUT2D eigenvalue weighted by molar-refractivity contribution is 7.98. The number of carbonyl (C=O) groups excluding carboxylic acids is 1. The maximum absolute atomic E-state index is 11.7. The minimum Gasteiger partial charge on any atom is -0.460 e. The molecule has 1 aliphatic rings. The van der Waals surface area contributed by atoms with Gasteiger partial charge in [-0.1, -0.05) is 0 Å². The maximum atomic E-state index is 11.7. The van der Waals surface area contributed by atoms with Gasteiger partial charge < -0.3 is 9.84 Å². The standard InChI is InChI=1S/C14H26O3S/c1-13(2,3)17-12(15)9-11-5-7-14(16,8-6-11)10-18-4/h11,16H,5-10H2,1-4H3. The van der Waals surface area contributed by atoms with Crippen LogP contribution in [-0.4, -0.2) is 34.3 Å². The second kappa shape index (κ2) is 6.29. The predicted molar refractivity (Wildman–Crippen MR) is 75.8 cm³/mol. The van der Waals surface area contributed by atoms with Gasteiger partial charge in [0.1, 0.15) is 5.60 Å². The Morgan fingerprint density at radius 3 is 2.39 bits per heavy atom. The van der Waals surface area contributed by atoms with Crippen molar-refractivity contribution in [3.8, 4) is 0 Å². The lowest BCUT2D eigenvalue weighted by Gasteiger charge is -2.35. The number of hydrogen-bond acceptors (Lipinski definition) is 4. The molecule has 0 spiro atoms. The monoisotopic (exact) mass is 274 g/mol. The van der Waals surface area contributed by atoms with Crippen LogP contribution in [0.3, 0.4) is 0 Å². The second-order valence-corrected chi connectivity index (χ2v) is 7.26. The molecule has 0 aromatic carbocycles. The molecule has 18 heavy (non-hydrogen) atoms. The Labute approximate surface area is 115 Å². The molecule has 1 aliphatic carbocycles. The van der Waals surface area contributed by atoms with Gasteiger partial charge in [-0.3, -0.25) is 4.79 Å². The fourth-order valence-electron chi connectivity index (χ4n) is 2.45. The third-order valence-electron chi connectivity index (χ3n) is 3.32. The average molecular weight is 274 g/mol. The van der Waals surface area contributed by atoms with Crippen LogP contribution in [0.2, 0.25) is 0 Å². The molecule has 0 unspecified atom stereocenters. The first-order chi connectivity index (χ1) is 8.24. The molecule has 1 N–H and O–H groups in total. The van der Waals surface area contributed by atoms with E-state index in [9.17, 15) is 9.90 Å². The molecule has 106 valence electrons. The highest BCUT2D eigenvalue weighted by Gasteiger charge is 2.33. The van der Waals surface area contributed by atoms with E-state index in [1.165, 1.54) is 0 Å². The van der Waals surface area contributed by atoms with E-state index >= 15 is 0 Å². The van der Waals surface area contributed by atoms with Crippen molar-refractivity contribution in [2.24, 2.45) is 5.92 Å². The quantitative estimate of drug-likeness (QED) is 0.801. The summed E-state index contributed by atoms with van der Waals surface area (Å²) >= 11 is 1.69. The first-order valence-corrected chi connectivity index (χ1v) is 8.07. The van der Waals surface area contributed by atoms with Crippen LogP contribution in [0.5, 0.6) is 0 Å². The summed E-state index contributed by atoms with van der Waals surface area (Å²) in [6.07, 6.45) is 5.98. The summed E-state index contributed by atoms with van der Waals surface area (Å²) < 4.78 is 5.33. The number of aliphatic hydroxyl groups is 1. The number of esters is 1. The average Bonchev–Trinajstić information content (AvgIpc) is 2.19. The number of carbonyl (C=O) groups is 1. The molecule has 0 heterocycles. The van der Waals surface area contributed by atoms with Crippen molar-refractivity contribution < 1.29 is 14.6 Å². The predicted octanol–water partition coefficient (Wildman–Crippen LogP) is 3.00. The largest absolute Gasteiger partial charge is 0.460 e. The van der Waals surface area contributed by atoms with Crippen LogP contribution in [-0.2, 0) is 9.53 Å². The number of hydrogen-bond donors (Lipinski definition) is 1. The fraction of sp³-hybridized carbons (Fsp3) is 0.929. The summed E-state index contributed by atoms with van der Waals surface area (Å²) in [7, 11) is 0. The zero-order valence-electron chi connectivity index (χ0n) is 12.0. The topological polar surface area (TPSA) is 46.5 Å². The van der Waals surface area contributed by atoms with Crippen LogP contribution in [0.15, 0.2) is 0 Å². The van der Waals surface area contributed by atoms with Crippen LogP contribution in [0, 0.1) is 5.92 Å². The Kier molecular flexibility index (Phi) is 5.53. The van der Waals surface area contributed by atoms with E-state index in [0.717, 1.165) is 31.4 Å². The Morgan fingerprint density at radius 1 is 1.39 bits per heavy atom. The van der Waals surface area contributed by atoms with Crippen molar-refractivity contribution in [2.45, 2.75) is 64.1 Å². The first-order valence-electron chi connectivity index (χ1n) is 6.67. The summed E-state index contributed by atoms with van der Waals surface area (Å²) in [5.41, 5.74) is -0.908. The lowest BCUT2D eigenvalue weighted by Crippen LogP contribution is -2.37. The van der Waals surface area contributed by atoms with E-state index < -0.39 is 11.2 Å². The molecular weight excluding hydrogens is 248 g/mol. The summed E-state index contributed by atoms with van der Waals surface area (Å²) in [5, 5.41) is 10.3. The molecule has 0 aromatic rings. The molecule has 0 radical (unpaired) electrons. The van der Waals surface area contributed by atoms with E-state index in [0.29, 0.717) is 12.3 Å². The molecule has 0 amide bonds. The summed E-state index contributed by atoms with van der Waals surface area (Å²) in [6, 6.07) is 0. The van der Waals surface area contributed by atoms with Crippen molar-refractivity contribution in [3.05, 3.63) is 0 Å². The van der Waals surface area contributed by atoms with Gasteiger partial charge in [-0.15, -0.1) is 0 Å². The molecule has 1 fully saturated rings. The van der Waals surface area contributed by atoms with Gasteiger partial charge in [0, 0.05) is 12.2 Å². The van der Waals surface area contributed by atoms with Gasteiger partial charge in [0.15, 0.2) is 0 Å². The van der Waals surface area contributed by atoms with Crippen LogP contribution in [0.4, 0.5) is 0 Å². The number of thioether (sulfide) groups is 1. The molecule has 3 nitrogen and oxygen atoms in total. The molecule has 1 saturated carbocycles. The van der Waals surface area contributed by atoms with E-state index in [1.807, 2.05) is 27.0 Å². The van der Waals surface area contributed by atoms with Crippen molar-refractivity contribution in [1.82, 2.24) is 0 Å². The van der Waals surface area contributed by atoms with Gasteiger partial charge in [0.2, 0.25) is 0 Å². The lowest BCUT2D eigenvalue weighted by molar-refractivity contribution is -0.156. The Bertz CT molecular complexity index is 275. The molecule has 0 atom stereocenters. The van der Waals surface area contributed by atoms with E-state index in [-0.39, 0.29) is 5.97 Å². The normalized spacial score (nSPS) is 29.1. The third-order valence-corrected chi connectivity index (χ3v) is 4.15. The number of rotatable bonds is 4. The minimum atomic E-state index is -0.510. The van der Waals surface area contributed by atoms with Crippen molar-refractivity contribution in [1.29, 1.82) is 0 Å². The zero-order chi connectivity index (χ0) is 13.8. The zero-order valence-corrected chi connectivity index (χ0v) is 12.8. The van der Waals surface area contributed by atoms with E-state index in [2.05, 4.69) is 0 Å². The van der Waals surface area contributed by atoms with Crippen molar-refractivity contribution in [3.63, 3.8) is 0 Å². The van der Waals surface area contributed by atoms with E-state index in [1.54, 1.807) is 11.8 Å². The smallest absolute Gasteiger partial charge is 0.306 e. The van der Waals surface area contributed by atoms with Gasteiger partial charge in [-0.25, -0.2) is 0 Å². The van der Waals surface area contributed by atoms with Crippen LogP contribution >= 0.6 is 11.8 Å². The molecule has 0 aromatic heterocycles. The number of ether oxygens (including phenoxy) is 1. The molecule has 1 rings (SSSR count). The minimum absolute atomic E-state index is 0.109. The van der Waals surface area contributed by atoms with Crippen LogP contribution < -0.4 is 0 Å². The second-order valence-electron chi connectivity index (χ2n) is 6.39. The van der Waals surface area contributed by atoms with Gasteiger partial charge in [-0.2, -0.15) is 11.8 Å². The lowest BCUT2D eigenvalue weighted by atomic mass is 9.78.